The van der Waals surface area contributed by atoms with Gasteiger partial charge in [0.1, 0.15) is 11.4 Å². The number of ether oxygens (including phenoxy) is 3. The Hall–Kier alpha value is -1.59. The van der Waals surface area contributed by atoms with Gasteiger partial charge in [-0.2, -0.15) is 13.8 Å². The van der Waals surface area contributed by atoms with Crippen LogP contribution in [0.1, 0.15) is 8.44 Å². The molecule has 1 aromatic carbocycles. The molecule has 1 N–H and O–H groups in total. The number of alkyl halides is 2. The van der Waals surface area contributed by atoms with Gasteiger partial charge in [0.05, 0.1) is 27.9 Å². The van der Waals surface area contributed by atoms with E-state index in [2.05, 4.69) is 19.7 Å². The Morgan fingerprint density at radius 1 is 1.33 bits per heavy atom. The number of hydrogen-bond acceptors (Lipinski definition) is 6. The van der Waals surface area contributed by atoms with Crippen LogP contribution in [0.4, 0.5) is 8.78 Å². The van der Waals surface area contributed by atoms with Gasteiger partial charge in [0, 0.05) is 29.5 Å². The van der Waals surface area contributed by atoms with Crippen LogP contribution in [0.5, 0.6) is 17.2 Å². The fraction of sp³-hybridized carbons (Fsp3) is 0.250. The molecule has 3 rings (SSSR count). The van der Waals surface area contributed by atoms with Crippen LogP contribution in [0.3, 0.4) is 0 Å². The van der Waals surface area contributed by atoms with Gasteiger partial charge in [0.15, 0.2) is 17.3 Å². The number of fused-ring (bicyclic) bond motifs is 1. The molecule has 0 aliphatic carbocycles. The molecule has 0 saturated carbocycles. The van der Waals surface area contributed by atoms with Gasteiger partial charge < -0.3 is 18.8 Å². The normalized spacial score (nSPS) is 13.1. The number of pyridine rings is 1. The van der Waals surface area contributed by atoms with Crippen molar-refractivity contribution in [2.45, 2.75) is 17.5 Å². The van der Waals surface area contributed by atoms with Crippen LogP contribution in [0.15, 0.2) is 35.6 Å². The zero-order valence-electron chi connectivity index (χ0n) is 15.4. The molecular weight excluding hydrogens is 391 g/mol. The van der Waals surface area contributed by atoms with E-state index in [0.717, 1.165) is 0 Å². The number of imidazole rings is 1. The van der Waals surface area contributed by atoms with Crippen molar-refractivity contribution < 1.29 is 30.3 Å². The van der Waals surface area contributed by atoms with Crippen LogP contribution in [-0.2, 0) is 16.9 Å². The standard InChI is InChI=1S/C16H15F2N3O4S.Na.H/c1-23-13-5-6-19-12(14(13)24-2)8-26(22)16-20-10-4-3-9(25-15(17)18)7-11(10)21-16;;/h3-7,15H,8H2,1-2H3,(H,20,21);;/i1D2;;. The van der Waals surface area contributed by atoms with Crippen LogP contribution in [0.2, 0.25) is 0 Å². The summed E-state index contributed by atoms with van der Waals surface area (Å²) in [5.41, 5.74) is 1.12. The third-order valence-corrected chi connectivity index (χ3v) is 4.57. The fourth-order valence-corrected chi connectivity index (χ4v) is 3.34. The van der Waals surface area contributed by atoms with E-state index in [1.807, 2.05) is 0 Å². The van der Waals surface area contributed by atoms with Crippen molar-refractivity contribution in [2.75, 3.05) is 14.2 Å². The first kappa shape index (κ1) is 18.8. The molecule has 0 saturated heterocycles. The van der Waals surface area contributed by atoms with Crippen molar-refractivity contribution in [1.29, 1.82) is 0 Å². The molecule has 140 valence electrons. The van der Waals surface area contributed by atoms with E-state index in [1.165, 1.54) is 37.6 Å². The van der Waals surface area contributed by atoms with Crippen molar-refractivity contribution in [1.82, 2.24) is 15.0 Å². The average molecular weight is 409 g/mol. The first-order valence-electron chi connectivity index (χ1n) is 8.39. The zero-order valence-corrected chi connectivity index (χ0v) is 14.3. The third kappa shape index (κ3) is 5.02. The number of H-pyrrole nitrogens is 1. The average Bonchev–Trinajstić information content (AvgIpc) is 3.04. The van der Waals surface area contributed by atoms with Gasteiger partial charge in [-0.05, 0) is 12.1 Å². The number of hydrogen-bond donors (Lipinski definition) is 1. The Labute approximate surface area is 181 Å². The minimum absolute atomic E-state index is 0. The molecule has 7 nitrogen and oxygen atoms in total. The molecule has 0 aliphatic heterocycles. The first-order chi connectivity index (χ1) is 13.4. The van der Waals surface area contributed by atoms with Crippen molar-refractivity contribution >= 4 is 51.8 Å². The molecule has 0 fully saturated rings. The molecule has 1 atom stereocenters. The number of benzene rings is 1. The number of halogens is 2. The first-order valence-corrected chi connectivity index (χ1v) is 8.55. The van der Waals surface area contributed by atoms with E-state index in [-0.39, 0.29) is 57.7 Å². The monoisotopic (exact) mass is 409 g/mol. The number of aromatic nitrogens is 3. The summed E-state index contributed by atoms with van der Waals surface area (Å²) in [4.78, 5) is 11.1. The van der Waals surface area contributed by atoms with E-state index in [1.54, 1.807) is 0 Å². The summed E-state index contributed by atoms with van der Waals surface area (Å²) in [6, 6.07) is 5.60. The van der Waals surface area contributed by atoms with Crippen LogP contribution in [-0.4, -0.2) is 69.8 Å². The van der Waals surface area contributed by atoms with Gasteiger partial charge in [-0.3, -0.25) is 9.97 Å². The van der Waals surface area contributed by atoms with E-state index in [9.17, 15) is 13.3 Å². The Morgan fingerprint density at radius 3 is 2.85 bits per heavy atom. The summed E-state index contributed by atoms with van der Waals surface area (Å²) in [7, 11) is -0.194. The maximum atomic E-state index is 12.7. The predicted octanol–water partition coefficient (Wildman–Crippen LogP) is 2.24. The second-order valence-electron chi connectivity index (χ2n) is 5.00. The van der Waals surface area contributed by atoms with Gasteiger partial charge in [0.25, 0.3) is 0 Å². The molecule has 1 unspecified atom stereocenters. The molecule has 0 bridgehead atoms. The minimum atomic E-state index is -2.95. The SMILES string of the molecule is [2H]C([2H])Oc1ccnc(C[S+]([O-])c2nc3cc(OC(F)F)ccc3[nH]2)c1OC.[NaH]. The van der Waals surface area contributed by atoms with E-state index in [0.29, 0.717) is 16.7 Å². The molecule has 0 radical (unpaired) electrons. The molecular formula is C16H16F2N3NaO4S. The van der Waals surface area contributed by atoms with Crippen LogP contribution >= 0.6 is 0 Å². The van der Waals surface area contributed by atoms with Crippen LogP contribution in [0, 0.1) is 0 Å². The van der Waals surface area contributed by atoms with Gasteiger partial charge in [0.2, 0.25) is 0 Å². The Kier molecular flexibility index (Phi) is 6.64. The second-order valence-corrected chi connectivity index (χ2v) is 6.36. The summed E-state index contributed by atoms with van der Waals surface area (Å²) in [6.45, 7) is -2.95. The summed E-state index contributed by atoms with van der Waals surface area (Å²) < 4.78 is 66.3. The molecule has 0 spiro atoms. The van der Waals surface area contributed by atoms with Crippen LogP contribution in [0.25, 0.3) is 11.0 Å². The van der Waals surface area contributed by atoms with Gasteiger partial charge in [-0.25, -0.2) is 0 Å². The van der Waals surface area contributed by atoms with E-state index in [4.69, 9.17) is 12.2 Å². The maximum absolute atomic E-state index is 12.7. The molecule has 2 heterocycles. The van der Waals surface area contributed by atoms with Crippen molar-refractivity contribution in [3.63, 3.8) is 0 Å². The number of nitrogens with one attached hydrogen (secondary N) is 1. The number of nitrogens with zero attached hydrogens (tertiary/aromatic N) is 2. The number of aromatic amines is 1. The summed E-state index contributed by atoms with van der Waals surface area (Å²) in [5.74, 6) is 0.170. The number of rotatable bonds is 7. The molecule has 2 aromatic heterocycles. The van der Waals surface area contributed by atoms with Gasteiger partial charge >= 0.3 is 41.3 Å². The topological polar surface area (TPSA) is 92.3 Å². The molecule has 3 aromatic rings. The summed E-state index contributed by atoms with van der Waals surface area (Å²) >= 11 is -1.66. The molecule has 0 aliphatic rings. The quantitative estimate of drug-likeness (QED) is 0.475. The summed E-state index contributed by atoms with van der Waals surface area (Å²) in [6.07, 6.45) is 1.39. The van der Waals surface area contributed by atoms with E-state index >= 15 is 0 Å². The zero-order chi connectivity index (χ0) is 20.3. The Bertz CT molecular complexity index is 967. The van der Waals surface area contributed by atoms with Crippen molar-refractivity contribution in [3.8, 4) is 17.2 Å². The van der Waals surface area contributed by atoms with Gasteiger partial charge in [-0.1, -0.05) is 0 Å². The fourth-order valence-electron chi connectivity index (χ4n) is 2.32. The molecule has 11 heteroatoms. The summed E-state index contributed by atoms with van der Waals surface area (Å²) in [5, 5.41) is 0.123. The Morgan fingerprint density at radius 2 is 2.15 bits per heavy atom. The van der Waals surface area contributed by atoms with Gasteiger partial charge in [-0.15, -0.1) is 0 Å². The molecule has 0 amide bonds. The third-order valence-electron chi connectivity index (χ3n) is 3.41. The Balaban J connectivity index is 0.00000300. The second kappa shape index (κ2) is 9.56. The number of methoxy groups -OCH3 is 2. The van der Waals surface area contributed by atoms with Crippen molar-refractivity contribution in [3.05, 3.63) is 36.2 Å². The predicted molar refractivity (Wildman–Crippen MR) is 97.3 cm³/mol. The van der Waals surface area contributed by atoms with Crippen LogP contribution < -0.4 is 14.2 Å². The van der Waals surface area contributed by atoms with Crippen molar-refractivity contribution in [2.24, 2.45) is 0 Å². The van der Waals surface area contributed by atoms with E-state index < -0.39 is 24.8 Å². The molecule has 27 heavy (non-hydrogen) atoms.